The number of amides is 1. The van der Waals surface area contributed by atoms with E-state index in [1.54, 1.807) is 15.4 Å². The van der Waals surface area contributed by atoms with Gasteiger partial charge in [0.15, 0.2) is 0 Å². The molecule has 34 heavy (non-hydrogen) atoms. The van der Waals surface area contributed by atoms with Crippen molar-refractivity contribution in [3.63, 3.8) is 0 Å². The lowest BCUT2D eigenvalue weighted by atomic mass is 9.91. The van der Waals surface area contributed by atoms with Gasteiger partial charge in [0.2, 0.25) is 0 Å². The quantitative estimate of drug-likeness (QED) is 0.439. The van der Waals surface area contributed by atoms with Crippen molar-refractivity contribution in [2.75, 3.05) is 18.0 Å². The third-order valence-corrected chi connectivity index (χ3v) is 8.52. The topological polar surface area (TPSA) is 57.9 Å². The van der Waals surface area contributed by atoms with Crippen LogP contribution in [-0.2, 0) is 4.79 Å². The van der Waals surface area contributed by atoms with Gasteiger partial charge < -0.3 is 4.90 Å². The number of pyridine rings is 1. The van der Waals surface area contributed by atoms with Crippen LogP contribution in [0.15, 0.2) is 28.0 Å². The molecule has 0 bridgehead atoms. The van der Waals surface area contributed by atoms with E-state index in [4.69, 9.17) is 17.2 Å². The number of hydrogen-bond acceptors (Lipinski definition) is 6. The van der Waals surface area contributed by atoms with Gasteiger partial charge in [-0.2, -0.15) is 0 Å². The monoisotopic (exact) mass is 496 g/mol. The molecule has 2 saturated heterocycles. The van der Waals surface area contributed by atoms with Gasteiger partial charge in [-0.05, 0) is 55.7 Å². The van der Waals surface area contributed by atoms with Crippen molar-refractivity contribution in [3.05, 3.63) is 44.7 Å². The van der Waals surface area contributed by atoms with E-state index < -0.39 is 0 Å². The van der Waals surface area contributed by atoms with Crippen molar-refractivity contribution in [1.82, 2.24) is 14.3 Å². The van der Waals surface area contributed by atoms with Crippen molar-refractivity contribution in [3.8, 4) is 0 Å². The Morgan fingerprint density at radius 2 is 1.79 bits per heavy atom. The van der Waals surface area contributed by atoms with Gasteiger partial charge >= 0.3 is 0 Å². The summed E-state index contributed by atoms with van der Waals surface area (Å²) in [6.07, 6.45) is 10.2. The number of fused-ring (bicyclic) bond motifs is 1. The molecule has 180 valence electrons. The minimum Gasteiger partial charge on any atom is -0.355 e. The second kappa shape index (κ2) is 9.46. The lowest BCUT2D eigenvalue weighted by Gasteiger charge is -2.36. The van der Waals surface area contributed by atoms with E-state index >= 15 is 0 Å². The molecule has 5 rings (SSSR count). The fourth-order valence-electron chi connectivity index (χ4n) is 5.72. The number of thioether (sulfide) groups is 1. The highest BCUT2D eigenvalue weighted by Crippen LogP contribution is 2.38. The smallest absolute Gasteiger partial charge is 0.267 e. The first-order chi connectivity index (χ1) is 16.3. The highest BCUT2D eigenvalue weighted by molar-refractivity contribution is 8.26. The number of hydrogen-bond donors (Lipinski definition) is 0. The number of piperidine rings is 1. The lowest BCUT2D eigenvalue weighted by molar-refractivity contribution is -0.124. The van der Waals surface area contributed by atoms with Crippen LogP contribution in [0.4, 0.5) is 5.82 Å². The molecule has 0 spiro atoms. The molecular weight excluding hydrogens is 464 g/mol. The number of aryl methyl sites for hydroxylation is 1. The Labute approximate surface area is 210 Å². The molecule has 8 heteroatoms. The summed E-state index contributed by atoms with van der Waals surface area (Å²) in [6, 6.07) is 4.04. The summed E-state index contributed by atoms with van der Waals surface area (Å²) in [5.41, 5.74) is 1.95. The molecule has 3 fully saturated rings. The zero-order valence-electron chi connectivity index (χ0n) is 20.1. The second-order valence-corrected chi connectivity index (χ2v) is 12.0. The Bertz CT molecular complexity index is 1220. The van der Waals surface area contributed by atoms with Crippen LogP contribution >= 0.6 is 24.0 Å². The highest BCUT2D eigenvalue weighted by Gasteiger charge is 2.38. The largest absolute Gasteiger partial charge is 0.355 e. The van der Waals surface area contributed by atoms with Crippen LogP contribution in [0, 0.1) is 18.8 Å². The molecule has 0 aromatic carbocycles. The van der Waals surface area contributed by atoms with Gasteiger partial charge in [0.25, 0.3) is 11.5 Å². The predicted octanol–water partition coefficient (Wildman–Crippen LogP) is 5.02. The van der Waals surface area contributed by atoms with E-state index in [0.717, 1.165) is 50.8 Å². The summed E-state index contributed by atoms with van der Waals surface area (Å²) >= 11 is 6.94. The number of carbonyl (C=O) groups is 1. The first-order valence-corrected chi connectivity index (χ1v) is 13.6. The molecule has 6 nitrogen and oxygen atoms in total. The number of anilines is 1. The second-order valence-electron chi connectivity index (χ2n) is 10.3. The first kappa shape index (κ1) is 23.5. The lowest BCUT2D eigenvalue weighted by Crippen LogP contribution is -2.41. The summed E-state index contributed by atoms with van der Waals surface area (Å²) < 4.78 is 2.21. The molecule has 1 amide bonds. The van der Waals surface area contributed by atoms with Gasteiger partial charge in [-0.25, -0.2) is 4.98 Å². The van der Waals surface area contributed by atoms with Crippen LogP contribution in [0.1, 0.15) is 63.5 Å². The molecule has 2 aromatic heterocycles. The van der Waals surface area contributed by atoms with Crippen molar-refractivity contribution in [2.45, 2.75) is 65.3 Å². The SMILES string of the molecule is Cc1ccc2nc(N3CC(C)CC(C)C3)c(C=C3SC(=S)N(C4CCCCC4)C3=O)c(=O)n2c1. The zero-order valence-corrected chi connectivity index (χ0v) is 21.8. The van der Waals surface area contributed by atoms with E-state index in [2.05, 4.69) is 18.7 Å². The molecular formula is C26H32N4O2S2. The maximum absolute atomic E-state index is 13.8. The molecule has 1 saturated carbocycles. The summed E-state index contributed by atoms with van der Waals surface area (Å²) in [4.78, 5) is 36.7. The van der Waals surface area contributed by atoms with Crippen LogP contribution < -0.4 is 10.5 Å². The number of thiocarbonyl (C=S) groups is 1. The molecule has 0 N–H and O–H groups in total. The molecule has 0 radical (unpaired) electrons. The average molecular weight is 497 g/mol. The summed E-state index contributed by atoms with van der Waals surface area (Å²) in [7, 11) is 0. The Kier molecular flexibility index (Phi) is 6.55. The van der Waals surface area contributed by atoms with Crippen molar-refractivity contribution >= 4 is 51.7 Å². The van der Waals surface area contributed by atoms with Crippen molar-refractivity contribution in [1.29, 1.82) is 0 Å². The third kappa shape index (κ3) is 4.42. The molecule has 2 aromatic rings. The standard InChI is InChI=1S/C26H32N4O2S2/c1-16-9-10-22-27-23(28-13-17(2)11-18(3)14-28)20(24(31)29(22)15-16)12-21-25(32)30(26(33)34-21)19-7-5-4-6-8-19/h9-10,12,15,17-19H,4-8,11,13-14H2,1-3H3. The van der Waals surface area contributed by atoms with E-state index in [9.17, 15) is 9.59 Å². The van der Waals surface area contributed by atoms with Gasteiger partial charge in [-0.3, -0.25) is 18.9 Å². The fraction of sp³-hybridized carbons (Fsp3) is 0.538. The van der Waals surface area contributed by atoms with Gasteiger partial charge in [0, 0.05) is 25.3 Å². The minimum absolute atomic E-state index is 0.0676. The van der Waals surface area contributed by atoms with Gasteiger partial charge in [0.05, 0.1) is 10.5 Å². The van der Waals surface area contributed by atoms with Gasteiger partial charge in [-0.1, -0.05) is 63.2 Å². The summed E-state index contributed by atoms with van der Waals surface area (Å²) in [5.74, 6) is 1.64. The summed E-state index contributed by atoms with van der Waals surface area (Å²) in [6.45, 7) is 8.15. The number of nitrogens with zero attached hydrogens (tertiary/aromatic N) is 4. The Hall–Kier alpha value is -2.19. The number of carbonyl (C=O) groups excluding carboxylic acids is 1. The molecule has 3 aliphatic rings. The first-order valence-electron chi connectivity index (χ1n) is 12.4. The van der Waals surface area contributed by atoms with Crippen molar-refractivity contribution in [2.24, 2.45) is 11.8 Å². The maximum atomic E-state index is 13.8. The minimum atomic E-state index is -0.141. The Balaban J connectivity index is 1.61. The van der Waals surface area contributed by atoms with E-state index in [-0.39, 0.29) is 17.5 Å². The summed E-state index contributed by atoms with van der Waals surface area (Å²) in [5, 5.41) is 0. The van der Waals surface area contributed by atoms with E-state index in [0.29, 0.717) is 38.1 Å². The fourth-order valence-corrected chi connectivity index (χ4v) is 7.10. The van der Waals surface area contributed by atoms with Gasteiger partial charge in [0.1, 0.15) is 15.8 Å². The molecule has 2 aliphatic heterocycles. The zero-order chi connectivity index (χ0) is 24.0. The maximum Gasteiger partial charge on any atom is 0.267 e. The normalized spacial score (nSPS) is 25.7. The molecule has 2 unspecified atom stereocenters. The van der Waals surface area contributed by atoms with Crippen molar-refractivity contribution < 1.29 is 4.79 Å². The average Bonchev–Trinajstić information content (AvgIpc) is 3.08. The Morgan fingerprint density at radius 3 is 2.50 bits per heavy atom. The van der Waals surface area contributed by atoms with Crippen LogP contribution in [-0.4, -0.2) is 43.6 Å². The van der Waals surface area contributed by atoms with E-state index in [1.165, 1.54) is 18.2 Å². The van der Waals surface area contributed by atoms with Crippen LogP contribution in [0.3, 0.4) is 0 Å². The third-order valence-electron chi connectivity index (χ3n) is 7.19. The number of aromatic nitrogens is 2. The van der Waals surface area contributed by atoms with Gasteiger partial charge in [-0.15, -0.1) is 0 Å². The molecule has 4 heterocycles. The van der Waals surface area contributed by atoms with Crippen LogP contribution in [0.2, 0.25) is 0 Å². The predicted molar refractivity (Wildman–Crippen MR) is 143 cm³/mol. The van der Waals surface area contributed by atoms with Crippen LogP contribution in [0.5, 0.6) is 0 Å². The Morgan fingerprint density at radius 1 is 1.09 bits per heavy atom. The van der Waals surface area contributed by atoms with E-state index in [1.807, 2.05) is 25.3 Å². The van der Waals surface area contributed by atoms with Crippen LogP contribution in [0.25, 0.3) is 11.7 Å². The molecule has 1 aliphatic carbocycles. The molecule has 2 atom stereocenters. The highest BCUT2D eigenvalue weighted by atomic mass is 32.2. The number of rotatable bonds is 3.